The predicted molar refractivity (Wildman–Crippen MR) is 53.0 cm³/mol. The number of thioether (sulfide) groups is 1. The summed E-state index contributed by atoms with van der Waals surface area (Å²) < 4.78 is 0. The minimum absolute atomic E-state index is 0.135. The lowest BCUT2D eigenvalue weighted by Crippen LogP contribution is -2.28. The van der Waals surface area contributed by atoms with E-state index >= 15 is 0 Å². The van der Waals surface area contributed by atoms with E-state index < -0.39 is 5.97 Å². The van der Waals surface area contributed by atoms with Crippen molar-refractivity contribution in [1.82, 2.24) is 5.32 Å². The molecule has 0 amide bonds. The molecule has 3 nitrogen and oxygen atoms in total. The third-order valence-corrected chi connectivity index (χ3v) is 4.17. The summed E-state index contributed by atoms with van der Waals surface area (Å²) in [7, 11) is 0. The van der Waals surface area contributed by atoms with Crippen molar-refractivity contribution in [2.75, 3.05) is 18.1 Å². The van der Waals surface area contributed by atoms with Gasteiger partial charge in [-0.05, 0) is 30.3 Å². The Morgan fingerprint density at radius 2 is 2.15 bits per heavy atom. The summed E-state index contributed by atoms with van der Waals surface area (Å²) in [4.78, 5) is 10.9. The average Bonchev–Trinajstić information content (AvgIpc) is 2.36. The number of aliphatic carboxylic acids is 1. The van der Waals surface area contributed by atoms with Crippen molar-refractivity contribution in [3.05, 3.63) is 0 Å². The molecule has 0 spiro atoms. The van der Waals surface area contributed by atoms with Crippen molar-refractivity contribution in [3.63, 3.8) is 0 Å². The van der Waals surface area contributed by atoms with Gasteiger partial charge < -0.3 is 10.4 Å². The molecule has 0 aromatic carbocycles. The Labute approximate surface area is 82.3 Å². The Balaban J connectivity index is 2.06. The van der Waals surface area contributed by atoms with Crippen LogP contribution in [0.1, 0.15) is 12.8 Å². The Morgan fingerprint density at radius 3 is 2.92 bits per heavy atom. The Kier molecular flexibility index (Phi) is 2.79. The highest BCUT2D eigenvalue weighted by Crippen LogP contribution is 2.32. The summed E-state index contributed by atoms with van der Waals surface area (Å²) in [5.74, 6) is 1.94. The van der Waals surface area contributed by atoms with E-state index in [-0.39, 0.29) is 5.92 Å². The third-order valence-electron chi connectivity index (χ3n) is 3.12. The topological polar surface area (TPSA) is 49.3 Å². The molecule has 2 N–H and O–H groups in total. The van der Waals surface area contributed by atoms with Crippen molar-refractivity contribution in [3.8, 4) is 0 Å². The first kappa shape index (κ1) is 9.34. The van der Waals surface area contributed by atoms with Gasteiger partial charge in [0.15, 0.2) is 0 Å². The Hall–Kier alpha value is -0.220. The second-order valence-corrected chi connectivity index (χ2v) is 5.04. The molecule has 0 bridgehead atoms. The summed E-state index contributed by atoms with van der Waals surface area (Å²) in [5.41, 5.74) is 0. The van der Waals surface area contributed by atoms with Crippen molar-refractivity contribution in [1.29, 1.82) is 0 Å². The third kappa shape index (κ3) is 1.83. The number of hydrogen-bond acceptors (Lipinski definition) is 3. The van der Waals surface area contributed by atoms with Crippen LogP contribution in [-0.2, 0) is 4.79 Å². The van der Waals surface area contributed by atoms with Gasteiger partial charge in [0.25, 0.3) is 0 Å². The largest absolute Gasteiger partial charge is 0.481 e. The van der Waals surface area contributed by atoms with Crippen LogP contribution in [0.15, 0.2) is 0 Å². The van der Waals surface area contributed by atoms with E-state index in [9.17, 15) is 4.79 Å². The quantitative estimate of drug-likeness (QED) is 0.659. The van der Waals surface area contributed by atoms with Gasteiger partial charge in [-0.3, -0.25) is 4.79 Å². The van der Waals surface area contributed by atoms with Crippen LogP contribution in [0.4, 0.5) is 0 Å². The molecule has 3 atom stereocenters. The monoisotopic (exact) mass is 201 g/mol. The normalized spacial score (nSPS) is 39.5. The molecule has 0 saturated carbocycles. The molecule has 2 fully saturated rings. The van der Waals surface area contributed by atoms with Gasteiger partial charge in [-0.1, -0.05) is 0 Å². The predicted octanol–water partition coefficient (Wildman–Crippen LogP) is 0.802. The molecule has 0 aromatic heterocycles. The van der Waals surface area contributed by atoms with E-state index in [2.05, 4.69) is 5.32 Å². The SMILES string of the molecule is O=C(O)C1CNC2CCSCCC21. The van der Waals surface area contributed by atoms with Crippen molar-refractivity contribution < 1.29 is 9.90 Å². The summed E-state index contributed by atoms with van der Waals surface area (Å²) in [6.07, 6.45) is 2.21. The zero-order valence-corrected chi connectivity index (χ0v) is 8.35. The number of carbonyl (C=O) groups is 1. The fourth-order valence-corrected chi connectivity index (χ4v) is 3.45. The summed E-state index contributed by atoms with van der Waals surface area (Å²) in [6, 6.07) is 0.469. The lowest BCUT2D eigenvalue weighted by atomic mass is 9.87. The first-order chi connectivity index (χ1) is 6.29. The van der Waals surface area contributed by atoms with Crippen LogP contribution in [0.5, 0.6) is 0 Å². The minimum Gasteiger partial charge on any atom is -0.481 e. The van der Waals surface area contributed by atoms with E-state index in [1.807, 2.05) is 11.8 Å². The molecular weight excluding hydrogens is 186 g/mol. The van der Waals surface area contributed by atoms with E-state index in [0.717, 1.165) is 18.6 Å². The maximum absolute atomic E-state index is 10.9. The van der Waals surface area contributed by atoms with Gasteiger partial charge >= 0.3 is 5.97 Å². The van der Waals surface area contributed by atoms with Crippen molar-refractivity contribution in [2.24, 2.45) is 11.8 Å². The van der Waals surface area contributed by atoms with Gasteiger partial charge in [0.2, 0.25) is 0 Å². The van der Waals surface area contributed by atoms with E-state index in [1.54, 1.807) is 0 Å². The van der Waals surface area contributed by atoms with Gasteiger partial charge in [0.1, 0.15) is 0 Å². The standard InChI is InChI=1S/C9H15NO2S/c11-9(12)7-5-10-8-2-4-13-3-1-6(7)8/h6-8,10H,1-5H2,(H,11,12). The molecule has 0 radical (unpaired) electrons. The van der Waals surface area contributed by atoms with Crippen LogP contribution in [-0.4, -0.2) is 35.2 Å². The second-order valence-electron chi connectivity index (χ2n) is 3.81. The van der Waals surface area contributed by atoms with Gasteiger partial charge in [-0.25, -0.2) is 0 Å². The summed E-state index contributed by atoms with van der Waals surface area (Å²) >= 11 is 1.95. The number of rotatable bonds is 1. The van der Waals surface area contributed by atoms with Crippen LogP contribution in [0.3, 0.4) is 0 Å². The Bertz CT molecular complexity index is 210. The molecular formula is C9H15NO2S. The molecule has 2 aliphatic rings. The van der Waals surface area contributed by atoms with E-state index in [4.69, 9.17) is 5.11 Å². The number of carboxylic acid groups (broad SMARTS) is 1. The van der Waals surface area contributed by atoms with Gasteiger partial charge in [-0.2, -0.15) is 11.8 Å². The van der Waals surface area contributed by atoms with Crippen LogP contribution in [0, 0.1) is 11.8 Å². The van der Waals surface area contributed by atoms with Crippen LogP contribution < -0.4 is 5.32 Å². The lowest BCUT2D eigenvalue weighted by Gasteiger charge is -2.18. The summed E-state index contributed by atoms with van der Waals surface area (Å²) in [6.45, 7) is 0.676. The highest BCUT2D eigenvalue weighted by molar-refractivity contribution is 7.99. The average molecular weight is 201 g/mol. The number of hydrogen-bond donors (Lipinski definition) is 2. The second kappa shape index (κ2) is 3.88. The Morgan fingerprint density at radius 1 is 1.38 bits per heavy atom. The molecule has 2 heterocycles. The molecule has 2 saturated heterocycles. The van der Waals surface area contributed by atoms with Gasteiger partial charge in [0, 0.05) is 12.6 Å². The fourth-order valence-electron chi connectivity index (χ4n) is 2.38. The number of nitrogens with one attached hydrogen (secondary N) is 1. The molecule has 2 aliphatic heterocycles. The van der Waals surface area contributed by atoms with E-state index in [1.165, 1.54) is 5.75 Å². The highest BCUT2D eigenvalue weighted by Gasteiger charge is 2.40. The maximum Gasteiger partial charge on any atom is 0.308 e. The molecule has 0 aliphatic carbocycles. The zero-order valence-electron chi connectivity index (χ0n) is 7.53. The molecule has 13 heavy (non-hydrogen) atoms. The first-order valence-corrected chi connectivity index (χ1v) is 5.98. The van der Waals surface area contributed by atoms with Gasteiger partial charge in [0.05, 0.1) is 5.92 Å². The number of fused-ring (bicyclic) bond motifs is 1. The molecule has 74 valence electrons. The number of carboxylic acids is 1. The minimum atomic E-state index is -0.619. The van der Waals surface area contributed by atoms with Crippen LogP contribution in [0.25, 0.3) is 0 Å². The van der Waals surface area contributed by atoms with Gasteiger partial charge in [-0.15, -0.1) is 0 Å². The molecule has 3 unspecified atom stereocenters. The van der Waals surface area contributed by atoms with Crippen molar-refractivity contribution >= 4 is 17.7 Å². The fraction of sp³-hybridized carbons (Fsp3) is 0.889. The zero-order chi connectivity index (χ0) is 9.26. The summed E-state index contributed by atoms with van der Waals surface area (Å²) in [5, 5.41) is 12.3. The first-order valence-electron chi connectivity index (χ1n) is 4.83. The smallest absolute Gasteiger partial charge is 0.308 e. The lowest BCUT2D eigenvalue weighted by molar-refractivity contribution is -0.142. The molecule has 0 aromatic rings. The maximum atomic E-state index is 10.9. The van der Waals surface area contributed by atoms with Crippen LogP contribution >= 0.6 is 11.8 Å². The molecule has 2 rings (SSSR count). The van der Waals surface area contributed by atoms with Crippen molar-refractivity contribution in [2.45, 2.75) is 18.9 Å². The highest BCUT2D eigenvalue weighted by atomic mass is 32.2. The van der Waals surface area contributed by atoms with Crippen LogP contribution in [0.2, 0.25) is 0 Å². The molecule has 4 heteroatoms. The van der Waals surface area contributed by atoms with E-state index in [0.29, 0.717) is 18.5 Å².